The minimum Gasteiger partial charge on any atom is -0.481 e. The molecule has 0 bridgehead atoms. The molecule has 8 heteroatoms. The zero-order chi connectivity index (χ0) is 12.9. The zero-order valence-corrected chi connectivity index (χ0v) is 9.80. The second-order valence-corrected chi connectivity index (χ2v) is 5.55. The maximum absolute atomic E-state index is 11.9. The highest BCUT2D eigenvalue weighted by Crippen LogP contribution is 2.12. The number of nitrogens with one attached hydrogen (secondary N) is 1. The second-order valence-electron chi connectivity index (χ2n) is 3.82. The summed E-state index contributed by atoms with van der Waals surface area (Å²) in [6.07, 6.45) is 0.223. The van der Waals surface area contributed by atoms with E-state index in [0.717, 1.165) is 0 Å². The van der Waals surface area contributed by atoms with Gasteiger partial charge in [0.1, 0.15) is 0 Å². The van der Waals surface area contributed by atoms with Crippen LogP contribution in [0.5, 0.6) is 0 Å². The van der Waals surface area contributed by atoms with Crippen LogP contribution in [0.2, 0.25) is 0 Å². The number of carboxylic acid groups (broad SMARTS) is 1. The molecule has 0 heterocycles. The van der Waals surface area contributed by atoms with Crippen LogP contribution < -0.4 is 4.72 Å². The van der Waals surface area contributed by atoms with Gasteiger partial charge in [-0.25, -0.2) is 13.1 Å². The van der Waals surface area contributed by atoms with E-state index in [2.05, 4.69) is 0 Å². The topological polar surface area (TPSA) is 83.5 Å². The smallest absolute Gasteiger partial charge is 0.350 e. The molecule has 0 saturated carbocycles. The summed E-state index contributed by atoms with van der Waals surface area (Å²) in [6, 6.07) is 0. The van der Waals surface area contributed by atoms with Crippen molar-refractivity contribution in [3.05, 3.63) is 0 Å². The Balaban J connectivity index is 4.39. The predicted molar refractivity (Wildman–Crippen MR) is 53.5 cm³/mol. The van der Waals surface area contributed by atoms with Crippen LogP contribution in [0.3, 0.4) is 0 Å². The van der Waals surface area contributed by atoms with Gasteiger partial charge in [-0.05, 0) is 12.3 Å². The van der Waals surface area contributed by atoms with E-state index < -0.39 is 34.2 Å². The number of sulfonamides is 1. The van der Waals surface area contributed by atoms with Crippen LogP contribution in [-0.2, 0) is 14.8 Å². The summed E-state index contributed by atoms with van der Waals surface area (Å²) in [5.41, 5.74) is 0. The van der Waals surface area contributed by atoms with E-state index in [1.165, 1.54) is 0 Å². The first-order valence-electron chi connectivity index (χ1n) is 4.66. The maximum Gasteiger partial charge on any atom is 0.350 e. The fourth-order valence-electron chi connectivity index (χ4n) is 1.12. The van der Waals surface area contributed by atoms with Crippen molar-refractivity contribution in [3.63, 3.8) is 0 Å². The molecule has 0 aromatic rings. The Hall–Kier alpha value is -0.760. The molecule has 0 fully saturated rings. The summed E-state index contributed by atoms with van der Waals surface area (Å²) >= 11 is 0. The Morgan fingerprint density at radius 2 is 1.88 bits per heavy atom. The minimum atomic E-state index is -4.71. The molecule has 0 aromatic carbocycles. The fourth-order valence-corrected chi connectivity index (χ4v) is 1.68. The van der Waals surface area contributed by atoms with E-state index in [1.54, 1.807) is 18.6 Å². The van der Waals surface area contributed by atoms with Crippen molar-refractivity contribution in [2.45, 2.75) is 26.0 Å². The lowest BCUT2D eigenvalue weighted by Crippen LogP contribution is -2.36. The molecule has 96 valence electrons. The summed E-state index contributed by atoms with van der Waals surface area (Å²) in [6.45, 7) is 3.01. The molecule has 0 aliphatic heterocycles. The van der Waals surface area contributed by atoms with E-state index in [0.29, 0.717) is 0 Å². The van der Waals surface area contributed by atoms with Gasteiger partial charge in [0.2, 0.25) is 0 Å². The van der Waals surface area contributed by atoms with Crippen molar-refractivity contribution < 1.29 is 27.1 Å². The number of carboxylic acids is 1. The molecule has 16 heavy (non-hydrogen) atoms. The van der Waals surface area contributed by atoms with Crippen molar-refractivity contribution in [3.8, 4) is 0 Å². The largest absolute Gasteiger partial charge is 0.481 e. The van der Waals surface area contributed by atoms with Gasteiger partial charge in [0, 0.05) is 6.54 Å². The van der Waals surface area contributed by atoms with E-state index in [9.17, 15) is 22.0 Å². The standard InChI is InChI=1S/C8H15F2NO4S/c1-5(2)3-6(7(12)13)4-11-16(14,15)8(9)10/h5-6,8,11H,3-4H2,1-2H3,(H,12,13). The molecule has 0 aliphatic rings. The first-order chi connectivity index (χ1) is 7.16. The Morgan fingerprint density at radius 1 is 1.38 bits per heavy atom. The molecular formula is C8H15F2NO4S. The fraction of sp³-hybridized carbons (Fsp3) is 0.875. The lowest BCUT2D eigenvalue weighted by Gasteiger charge is -2.15. The first kappa shape index (κ1) is 15.2. The number of carbonyl (C=O) groups is 1. The number of halogens is 2. The van der Waals surface area contributed by atoms with Gasteiger partial charge in [-0.1, -0.05) is 13.8 Å². The van der Waals surface area contributed by atoms with Crippen molar-refractivity contribution in [2.75, 3.05) is 6.54 Å². The van der Waals surface area contributed by atoms with Gasteiger partial charge in [-0.15, -0.1) is 0 Å². The number of aliphatic carboxylic acids is 1. The average molecular weight is 259 g/mol. The van der Waals surface area contributed by atoms with Crippen LogP contribution in [-0.4, -0.2) is 31.8 Å². The van der Waals surface area contributed by atoms with E-state index >= 15 is 0 Å². The minimum absolute atomic E-state index is 0.0390. The third-order valence-corrected chi connectivity index (χ3v) is 2.91. The number of hydrogen-bond donors (Lipinski definition) is 2. The molecule has 2 N–H and O–H groups in total. The molecule has 0 aromatic heterocycles. The highest BCUT2D eigenvalue weighted by atomic mass is 32.2. The summed E-state index contributed by atoms with van der Waals surface area (Å²) in [4.78, 5) is 10.7. The lowest BCUT2D eigenvalue weighted by atomic mass is 9.98. The highest BCUT2D eigenvalue weighted by Gasteiger charge is 2.27. The molecule has 0 rings (SSSR count). The molecule has 0 spiro atoms. The maximum atomic E-state index is 11.9. The Kier molecular flexibility index (Phi) is 5.80. The second kappa shape index (κ2) is 6.09. The van der Waals surface area contributed by atoms with E-state index in [1.807, 2.05) is 0 Å². The third-order valence-electron chi connectivity index (χ3n) is 1.87. The first-order valence-corrected chi connectivity index (χ1v) is 6.21. The Morgan fingerprint density at radius 3 is 2.19 bits per heavy atom. The van der Waals surface area contributed by atoms with Gasteiger partial charge in [0.05, 0.1) is 5.92 Å². The molecule has 5 nitrogen and oxygen atoms in total. The van der Waals surface area contributed by atoms with Gasteiger partial charge in [0.15, 0.2) is 0 Å². The molecule has 0 amide bonds. The number of rotatable bonds is 7. The van der Waals surface area contributed by atoms with Gasteiger partial charge >= 0.3 is 11.7 Å². The van der Waals surface area contributed by atoms with Crippen molar-refractivity contribution in [2.24, 2.45) is 11.8 Å². The lowest BCUT2D eigenvalue weighted by molar-refractivity contribution is -0.142. The number of hydrogen-bond acceptors (Lipinski definition) is 3. The third kappa shape index (κ3) is 5.36. The van der Waals surface area contributed by atoms with Gasteiger partial charge in [0.25, 0.3) is 10.0 Å². The quantitative estimate of drug-likeness (QED) is 0.710. The van der Waals surface area contributed by atoms with Gasteiger partial charge in [-0.3, -0.25) is 4.79 Å². The van der Waals surface area contributed by atoms with Crippen molar-refractivity contribution in [1.82, 2.24) is 4.72 Å². The zero-order valence-electron chi connectivity index (χ0n) is 8.98. The predicted octanol–water partition coefficient (Wildman–Crippen LogP) is 0.875. The van der Waals surface area contributed by atoms with Crippen LogP contribution in [0.25, 0.3) is 0 Å². The van der Waals surface area contributed by atoms with Crippen LogP contribution in [0.1, 0.15) is 20.3 Å². The Labute approximate surface area is 92.9 Å². The summed E-state index contributed by atoms with van der Waals surface area (Å²) in [7, 11) is -4.71. The van der Waals surface area contributed by atoms with Crippen LogP contribution >= 0.6 is 0 Å². The van der Waals surface area contributed by atoms with Crippen molar-refractivity contribution in [1.29, 1.82) is 0 Å². The molecule has 0 aliphatic carbocycles. The molecule has 1 atom stereocenters. The van der Waals surface area contributed by atoms with Gasteiger partial charge < -0.3 is 5.11 Å². The Bertz CT molecular complexity index is 329. The summed E-state index contributed by atoms with van der Waals surface area (Å²) in [5, 5.41) is 8.74. The molecule has 0 saturated heterocycles. The van der Waals surface area contributed by atoms with E-state index in [4.69, 9.17) is 5.11 Å². The summed E-state index contributed by atoms with van der Waals surface area (Å²) < 4.78 is 46.8. The SMILES string of the molecule is CC(C)CC(CNS(=O)(=O)C(F)F)C(=O)O. The number of alkyl halides is 2. The van der Waals surface area contributed by atoms with E-state index in [-0.39, 0.29) is 12.3 Å². The van der Waals surface area contributed by atoms with Crippen LogP contribution in [0.4, 0.5) is 8.78 Å². The summed E-state index contributed by atoms with van der Waals surface area (Å²) in [5.74, 6) is -5.70. The molecule has 0 radical (unpaired) electrons. The average Bonchev–Trinajstić information content (AvgIpc) is 2.10. The molecule has 1 unspecified atom stereocenters. The van der Waals surface area contributed by atoms with Gasteiger partial charge in [-0.2, -0.15) is 8.78 Å². The van der Waals surface area contributed by atoms with Crippen LogP contribution in [0, 0.1) is 11.8 Å². The van der Waals surface area contributed by atoms with Crippen molar-refractivity contribution >= 4 is 16.0 Å². The van der Waals surface area contributed by atoms with Crippen LogP contribution in [0.15, 0.2) is 0 Å². The monoisotopic (exact) mass is 259 g/mol. The highest BCUT2D eigenvalue weighted by molar-refractivity contribution is 7.89. The molecular weight excluding hydrogens is 244 g/mol. The normalized spacial score (nSPS) is 14.4.